The highest BCUT2D eigenvalue weighted by Crippen LogP contribution is 2.30. The summed E-state index contributed by atoms with van der Waals surface area (Å²) in [7, 11) is 0. The van der Waals surface area contributed by atoms with Crippen molar-refractivity contribution < 1.29 is 15.0 Å². The first-order valence-corrected chi connectivity index (χ1v) is 7.23. The number of nitrogens with two attached hydrogens (primary N) is 1. The van der Waals surface area contributed by atoms with E-state index in [9.17, 15) is 15.0 Å². The van der Waals surface area contributed by atoms with Crippen LogP contribution in [0.1, 0.15) is 34.1 Å². The van der Waals surface area contributed by atoms with Crippen LogP contribution in [0.2, 0.25) is 0 Å². The van der Waals surface area contributed by atoms with Crippen molar-refractivity contribution in [2.75, 3.05) is 13.2 Å². The summed E-state index contributed by atoms with van der Waals surface area (Å²) in [5.41, 5.74) is 9.75. The van der Waals surface area contributed by atoms with Crippen molar-refractivity contribution in [1.82, 2.24) is 4.57 Å². The van der Waals surface area contributed by atoms with Gasteiger partial charge in [0.2, 0.25) is 0 Å². The summed E-state index contributed by atoms with van der Waals surface area (Å²) in [5.74, 6) is -0.939. The Labute approximate surface area is 124 Å². The second-order valence-electron chi connectivity index (χ2n) is 5.18. The first-order valence-electron chi connectivity index (χ1n) is 7.23. The minimum atomic E-state index is -0.939. The number of carboxylic acid groups (broad SMARTS) is 1. The molecule has 1 heterocycles. The van der Waals surface area contributed by atoms with Gasteiger partial charge in [0, 0.05) is 17.6 Å². The maximum atomic E-state index is 11.6. The molecule has 2 aromatic rings. The highest BCUT2D eigenvalue weighted by Gasteiger charge is 2.20. The lowest BCUT2D eigenvalue weighted by molar-refractivity contribution is 0.0698. The summed E-state index contributed by atoms with van der Waals surface area (Å²) in [6, 6.07) is 3.78. The Balaban J connectivity index is 2.88. The summed E-state index contributed by atoms with van der Waals surface area (Å²) in [4.78, 5) is 11.6. The summed E-state index contributed by atoms with van der Waals surface area (Å²) < 4.78 is 1.89. The van der Waals surface area contributed by atoms with Crippen molar-refractivity contribution in [1.29, 1.82) is 0 Å². The van der Waals surface area contributed by atoms with Gasteiger partial charge >= 0.3 is 5.97 Å². The number of hydrogen-bond donors (Lipinski definition) is 3. The fraction of sp³-hybridized carbons (Fsp3) is 0.438. The Morgan fingerprint density at radius 1 is 1.38 bits per heavy atom. The second kappa shape index (κ2) is 6.28. The van der Waals surface area contributed by atoms with Crippen LogP contribution in [0, 0.1) is 6.92 Å². The number of aromatic nitrogens is 1. The van der Waals surface area contributed by atoms with Crippen LogP contribution in [0.5, 0.6) is 0 Å². The van der Waals surface area contributed by atoms with Crippen LogP contribution in [-0.4, -0.2) is 33.9 Å². The zero-order chi connectivity index (χ0) is 15.6. The van der Waals surface area contributed by atoms with Crippen molar-refractivity contribution >= 4 is 16.9 Å². The Morgan fingerprint density at radius 3 is 2.62 bits per heavy atom. The fourth-order valence-electron chi connectivity index (χ4n) is 2.95. The molecule has 0 aliphatic heterocycles. The van der Waals surface area contributed by atoms with Crippen LogP contribution in [0.15, 0.2) is 12.1 Å². The molecule has 1 aromatic carbocycles. The molecule has 21 heavy (non-hydrogen) atoms. The molecular weight excluding hydrogens is 268 g/mol. The number of carbonyl (C=O) groups is 1. The lowest BCUT2D eigenvalue weighted by Gasteiger charge is -2.09. The maximum Gasteiger partial charge on any atom is 0.337 e. The molecule has 0 spiro atoms. The average molecular weight is 290 g/mol. The molecule has 0 aliphatic rings. The molecule has 4 N–H and O–H groups in total. The third-order valence-corrected chi connectivity index (χ3v) is 3.96. The standard InChI is InChI=1S/C16H22N2O3/c1-3-11-8-13-12(4-5-17)10(2)18(6-7-19)15(13)14(9-11)16(20)21/h8-9,19H,3-7,17H2,1-2H3,(H,20,21). The Kier molecular flexibility index (Phi) is 4.65. The minimum Gasteiger partial charge on any atom is -0.478 e. The van der Waals surface area contributed by atoms with Crippen LogP contribution in [0.4, 0.5) is 0 Å². The second-order valence-corrected chi connectivity index (χ2v) is 5.18. The number of aliphatic hydroxyl groups is 1. The van der Waals surface area contributed by atoms with Gasteiger partial charge in [-0.3, -0.25) is 0 Å². The van der Waals surface area contributed by atoms with Gasteiger partial charge in [-0.25, -0.2) is 4.79 Å². The summed E-state index contributed by atoms with van der Waals surface area (Å²) >= 11 is 0. The normalized spacial score (nSPS) is 11.2. The molecule has 2 rings (SSSR count). The molecule has 114 valence electrons. The Morgan fingerprint density at radius 2 is 2.10 bits per heavy atom. The predicted octanol–water partition coefficient (Wildman–Crippen LogP) is 1.70. The van der Waals surface area contributed by atoms with E-state index < -0.39 is 5.97 Å². The number of hydrogen-bond acceptors (Lipinski definition) is 3. The molecule has 0 saturated carbocycles. The molecule has 0 fully saturated rings. The summed E-state index contributed by atoms with van der Waals surface area (Å²) in [5, 5.41) is 19.8. The molecule has 0 unspecified atom stereocenters. The molecule has 0 saturated heterocycles. The predicted molar refractivity (Wildman–Crippen MR) is 82.9 cm³/mol. The van der Waals surface area contributed by atoms with Crippen molar-refractivity contribution in [3.63, 3.8) is 0 Å². The van der Waals surface area contributed by atoms with Gasteiger partial charge in [0.05, 0.1) is 17.7 Å². The van der Waals surface area contributed by atoms with Crippen molar-refractivity contribution in [2.24, 2.45) is 5.73 Å². The minimum absolute atomic E-state index is 0.0265. The number of aliphatic hydroxyl groups excluding tert-OH is 1. The van der Waals surface area contributed by atoms with Gasteiger partial charge in [-0.2, -0.15) is 0 Å². The van der Waals surface area contributed by atoms with Gasteiger partial charge in [-0.05, 0) is 49.6 Å². The number of benzene rings is 1. The molecule has 0 atom stereocenters. The van der Waals surface area contributed by atoms with E-state index in [1.807, 2.05) is 24.5 Å². The zero-order valence-electron chi connectivity index (χ0n) is 12.5. The molecular formula is C16H22N2O3. The maximum absolute atomic E-state index is 11.6. The number of rotatable bonds is 6. The Bertz CT molecular complexity index is 674. The van der Waals surface area contributed by atoms with Crippen LogP contribution in [-0.2, 0) is 19.4 Å². The number of nitrogens with zero attached hydrogens (tertiary/aromatic N) is 1. The summed E-state index contributed by atoms with van der Waals surface area (Å²) in [6.07, 6.45) is 1.48. The van der Waals surface area contributed by atoms with E-state index in [0.717, 1.165) is 28.6 Å². The lowest BCUT2D eigenvalue weighted by atomic mass is 10.0. The number of fused-ring (bicyclic) bond motifs is 1. The van der Waals surface area contributed by atoms with Gasteiger partial charge in [0.25, 0.3) is 0 Å². The molecule has 0 radical (unpaired) electrons. The number of aryl methyl sites for hydroxylation is 1. The number of aromatic carboxylic acids is 1. The zero-order valence-corrected chi connectivity index (χ0v) is 12.5. The van der Waals surface area contributed by atoms with Gasteiger partial charge in [-0.15, -0.1) is 0 Å². The highest BCUT2D eigenvalue weighted by molar-refractivity contribution is 6.04. The van der Waals surface area contributed by atoms with Crippen molar-refractivity contribution in [2.45, 2.75) is 33.2 Å². The van der Waals surface area contributed by atoms with E-state index in [0.29, 0.717) is 30.6 Å². The van der Waals surface area contributed by atoms with Gasteiger partial charge in [0.15, 0.2) is 0 Å². The highest BCUT2D eigenvalue weighted by atomic mass is 16.4. The first kappa shape index (κ1) is 15.5. The van der Waals surface area contributed by atoms with Gasteiger partial charge in [-0.1, -0.05) is 6.92 Å². The lowest BCUT2D eigenvalue weighted by Crippen LogP contribution is -2.08. The van der Waals surface area contributed by atoms with E-state index >= 15 is 0 Å². The molecule has 5 nitrogen and oxygen atoms in total. The quantitative estimate of drug-likeness (QED) is 0.755. The van der Waals surface area contributed by atoms with Crippen molar-refractivity contribution in [3.05, 3.63) is 34.5 Å². The van der Waals surface area contributed by atoms with Gasteiger partial charge < -0.3 is 20.5 Å². The largest absolute Gasteiger partial charge is 0.478 e. The number of carboxylic acids is 1. The van der Waals surface area contributed by atoms with E-state index in [1.165, 1.54) is 0 Å². The van der Waals surface area contributed by atoms with Crippen molar-refractivity contribution in [3.8, 4) is 0 Å². The third kappa shape index (κ3) is 2.66. The Hall–Kier alpha value is -1.85. The third-order valence-electron chi connectivity index (χ3n) is 3.96. The van der Waals surface area contributed by atoms with E-state index in [-0.39, 0.29) is 6.61 Å². The monoisotopic (exact) mass is 290 g/mol. The van der Waals surface area contributed by atoms with Crippen LogP contribution in [0.25, 0.3) is 10.9 Å². The van der Waals surface area contributed by atoms with Gasteiger partial charge in [0.1, 0.15) is 0 Å². The molecule has 0 bridgehead atoms. The van der Waals surface area contributed by atoms with Crippen LogP contribution in [0.3, 0.4) is 0 Å². The van der Waals surface area contributed by atoms with E-state index in [2.05, 4.69) is 0 Å². The smallest absolute Gasteiger partial charge is 0.337 e. The summed E-state index contributed by atoms with van der Waals surface area (Å²) in [6.45, 7) is 4.84. The molecule has 0 amide bonds. The SMILES string of the molecule is CCc1cc(C(=O)O)c2c(c1)c(CCN)c(C)n2CCO. The van der Waals surface area contributed by atoms with E-state index in [1.54, 1.807) is 6.07 Å². The fourth-order valence-corrected chi connectivity index (χ4v) is 2.95. The molecule has 1 aromatic heterocycles. The molecule has 0 aliphatic carbocycles. The first-order chi connectivity index (χ1) is 10.0. The topological polar surface area (TPSA) is 88.5 Å². The van der Waals surface area contributed by atoms with E-state index in [4.69, 9.17) is 5.73 Å². The van der Waals surface area contributed by atoms with Crippen LogP contribution >= 0.6 is 0 Å². The average Bonchev–Trinajstić information content (AvgIpc) is 2.72. The van der Waals surface area contributed by atoms with Crippen LogP contribution < -0.4 is 5.73 Å². The molecule has 5 heteroatoms.